The summed E-state index contributed by atoms with van der Waals surface area (Å²) < 4.78 is 11.4. The topological polar surface area (TPSA) is 94.7 Å². The number of rotatable bonds is 6. The summed E-state index contributed by atoms with van der Waals surface area (Å²) in [5.74, 6) is 1.25. The number of hydrogen-bond acceptors (Lipinski definition) is 5. The summed E-state index contributed by atoms with van der Waals surface area (Å²) in [6, 6.07) is 20.8. The summed E-state index contributed by atoms with van der Waals surface area (Å²) in [5, 5.41) is 19.3. The summed E-state index contributed by atoms with van der Waals surface area (Å²) in [5.41, 5.74) is 5.05. The monoisotopic (exact) mass is 454 g/mol. The molecule has 1 N–H and O–H groups in total. The minimum absolute atomic E-state index is 0.164. The minimum atomic E-state index is 0.164. The number of benzene rings is 3. The number of nitriles is 2. The zero-order chi connectivity index (χ0) is 23.4. The van der Waals surface area contributed by atoms with E-state index in [1.54, 1.807) is 30.3 Å². The highest BCUT2D eigenvalue weighted by atomic mass is 35.5. The molecule has 0 bridgehead atoms. The Morgan fingerprint density at radius 1 is 1.15 bits per heavy atom. The molecule has 0 saturated carbocycles. The SMILES string of the molecule is COc1cc(/C=C(/C#N)c2nc3ccc(C)cc3[nH]2)cc(Cl)c1OCc1ccccc1C#N. The van der Waals surface area contributed by atoms with Crippen LogP contribution in [0.25, 0.3) is 22.7 Å². The molecule has 0 saturated heterocycles. The number of imidazole rings is 1. The Labute approximate surface area is 196 Å². The van der Waals surface area contributed by atoms with Gasteiger partial charge in [0.05, 0.1) is 40.4 Å². The van der Waals surface area contributed by atoms with Crippen LogP contribution < -0.4 is 9.47 Å². The fraction of sp³-hybridized carbons (Fsp3) is 0.115. The number of aromatic nitrogens is 2. The maximum atomic E-state index is 9.74. The van der Waals surface area contributed by atoms with E-state index in [9.17, 15) is 10.5 Å². The Balaban J connectivity index is 1.65. The normalized spacial score (nSPS) is 11.1. The van der Waals surface area contributed by atoms with Crippen LogP contribution in [0.3, 0.4) is 0 Å². The van der Waals surface area contributed by atoms with Gasteiger partial charge in [-0.15, -0.1) is 0 Å². The van der Waals surface area contributed by atoms with Crippen molar-refractivity contribution in [1.82, 2.24) is 9.97 Å². The highest BCUT2D eigenvalue weighted by Gasteiger charge is 2.14. The Kier molecular flexibility index (Phi) is 6.31. The number of nitrogens with one attached hydrogen (secondary N) is 1. The van der Waals surface area contributed by atoms with Crippen LogP contribution >= 0.6 is 11.6 Å². The van der Waals surface area contributed by atoms with Crippen molar-refractivity contribution in [2.75, 3.05) is 7.11 Å². The van der Waals surface area contributed by atoms with Crippen LogP contribution in [0.2, 0.25) is 5.02 Å². The maximum Gasteiger partial charge on any atom is 0.180 e. The summed E-state index contributed by atoms with van der Waals surface area (Å²) in [6.07, 6.45) is 1.69. The first-order chi connectivity index (χ1) is 16.0. The molecule has 0 amide bonds. The molecule has 0 aliphatic heterocycles. The van der Waals surface area contributed by atoms with Crippen LogP contribution in [-0.4, -0.2) is 17.1 Å². The first kappa shape index (κ1) is 22.0. The zero-order valence-electron chi connectivity index (χ0n) is 18.0. The summed E-state index contributed by atoms with van der Waals surface area (Å²) in [6.45, 7) is 2.16. The fourth-order valence-electron chi connectivity index (χ4n) is 3.44. The molecular formula is C26H19ClN4O2. The number of aromatic amines is 1. The van der Waals surface area contributed by atoms with Crippen LogP contribution in [0.4, 0.5) is 0 Å². The number of allylic oxidation sites excluding steroid dienone is 1. The van der Waals surface area contributed by atoms with Crippen molar-refractivity contribution in [3.8, 4) is 23.6 Å². The third-order valence-electron chi connectivity index (χ3n) is 5.09. The molecule has 4 aromatic rings. The van der Waals surface area contributed by atoms with Gasteiger partial charge >= 0.3 is 0 Å². The number of halogens is 1. The van der Waals surface area contributed by atoms with Crippen LogP contribution in [0, 0.1) is 29.6 Å². The second kappa shape index (κ2) is 9.48. The molecule has 162 valence electrons. The predicted octanol–water partition coefficient (Wildman–Crippen LogP) is 6.05. The van der Waals surface area contributed by atoms with E-state index in [0.717, 1.165) is 22.2 Å². The molecule has 0 spiro atoms. The molecule has 4 rings (SSSR count). The van der Waals surface area contributed by atoms with Gasteiger partial charge in [-0.2, -0.15) is 10.5 Å². The molecule has 0 aliphatic carbocycles. The van der Waals surface area contributed by atoms with Crippen molar-refractivity contribution in [1.29, 1.82) is 10.5 Å². The van der Waals surface area contributed by atoms with E-state index in [1.165, 1.54) is 7.11 Å². The smallest absolute Gasteiger partial charge is 0.180 e. The molecule has 1 aromatic heterocycles. The predicted molar refractivity (Wildman–Crippen MR) is 128 cm³/mol. The molecule has 0 atom stereocenters. The highest BCUT2D eigenvalue weighted by molar-refractivity contribution is 6.32. The van der Waals surface area contributed by atoms with Crippen LogP contribution in [0.15, 0.2) is 54.6 Å². The Morgan fingerprint density at radius 3 is 2.73 bits per heavy atom. The van der Waals surface area contributed by atoms with Gasteiger partial charge in [0, 0.05) is 5.56 Å². The first-order valence-electron chi connectivity index (χ1n) is 10.1. The van der Waals surface area contributed by atoms with Gasteiger partial charge in [0.25, 0.3) is 0 Å². The van der Waals surface area contributed by atoms with Crippen molar-refractivity contribution >= 4 is 34.3 Å². The van der Waals surface area contributed by atoms with Gasteiger partial charge in [-0.25, -0.2) is 4.98 Å². The van der Waals surface area contributed by atoms with Crippen molar-refractivity contribution in [3.05, 3.63) is 87.7 Å². The number of H-pyrrole nitrogens is 1. The summed E-state index contributed by atoms with van der Waals surface area (Å²) in [7, 11) is 1.52. The maximum absolute atomic E-state index is 9.74. The molecular weight excluding hydrogens is 436 g/mol. The van der Waals surface area contributed by atoms with Crippen LogP contribution in [0.1, 0.15) is 28.1 Å². The first-order valence-corrected chi connectivity index (χ1v) is 10.5. The number of ether oxygens (including phenoxy) is 2. The van der Waals surface area contributed by atoms with Crippen LogP contribution in [-0.2, 0) is 6.61 Å². The molecule has 0 aliphatic rings. The standard InChI is InChI=1S/C26H19ClN4O2/c1-16-7-8-22-23(9-16)31-26(30-22)20(14-29)10-17-11-21(27)25(24(12-17)32-2)33-15-19-6-4-3-5-18(19)13-28/h3-12H,15H2,1-2H3,(H,30,31)/b20-10-. The third kappa shape index (κ3) is 4.67. The van der Waals surface area contributed by atoms with Gasteiger partial charge in [0.1, 0.15) is 18.5 Å². The van der Waals surface area contributed by atoms with E-state index in [1.807, 2.05) is 37.3 Å². The Bertz CT molecular complexity index is 1460. The third-order valence-corrected chi connectivity index (χ3v) is 5.37. The molecule has 6 nitrogen and oxygen atoms in total. The van der Waals surface area contributed by atoms with E-state index in [4.69, 9.17) is 21.1 Å². The lowest BCUT2D eigenvalue weighted by atomic mass is 10.1. The Hall–Kier alpha value is -4.26. The van der Waals surface area contributed by atoms with E-state index >= 15 is 0 Å². The average Bonchev–Trinajstić information content (AvgIpc) is 3.24. The second-order valence-corrected chi connectivity index (χ2v) is 7.77. The summed E-state index contributed by atoms with van der Waals surface area (Å²) in [4.78, 5) is 7.72. The Morgan fingerprint density at radius 2 is 1.97 bits per heavy atom. The van der Waals surface area contributed by atoms with Crippen molar-refractivity contribution in [2.24, 2.45) is 0 Å². The number of fused-ring (bicyclic) bond motifs is 1. The van der Waals surface area contributed by atoms with Gasteiger partial charge in [-0.1, -0.05) is 35.9 Å². The fourth-order valence-corrected chi connectivity index (χ4v) is 3.71. The van der Waals surface area contributed by atoms with E-state index in [0.29, 0.717) is 39.0 Å². The highest BCUT2D eigenvalue weighted by Crippen LogP contribution is 2.38. The molecule has 3 aromatic carbocycles. The van der Waals surface area contributed by atoms with E-state index in [2.05, 4.69) is 22.1 Å². The molecule has 0 fully saturated rings. The molecule has 1 heterocycles. The lowest BCUT2D eigenvalue weighted by molar-refractivity contribution is 0.284. The minimum Gasteiger partial charge on any atom is -0.493 e. The molecule has 7 heteroatoms. The van der Waals surface area contributed by atoms with Gasteiger partial charge in [0.2, 0.25) is 0 Å². The van der Waals surface area contributed by atoms with Gasteiger partial charge in [0.15, 0.2) is 11.5 Å². The average molecular weight is 455 g/mol. The van der Waals surface area contributed by atoms with Crippen molar-refractivity contribution in [2.45, 2.75) is 13.5 Å². The van der Waals surface area contributed by atoms with Crippen LogP contribution in [0.5, 0.6) is 11.5 Å². The zero-order valence-corrected chi connectivity index (χ0v) is 18.8. The summed E-state index contributed by atoms with van der Waals surface area (Å²) >= 11 is 6.50. The lowest BCUT2D eigenvalue weighted by Crippen LogP contribution is -2.01. The lowest BCUT2D eigenvalue weighted by Gasteiger charge is -2.14. The largest absolute Gasteiger partial charge is 0.493 e. The van der Waals surface area contributed by atoms with Crippen molar-refractivity contribution < 1.29 is 9.47 Å². The van der Waals surface area contributed by atoms with Gasteiger partial charge < -0.3 is 14.5 Å². The number of aryl methyl sites for hydroxylation is 1. The molecule has 0 unspecified atom stereocenters. The van der Waals surface area contributed by atoms with Gasteiger partial charge in [-0.05, 0) is 54.5 Å². The van der Waals surface area contributed by atoms with Gasteiger partial charge in [-0.3, -0.25) is 0 Å². The second-order valence-electron chi connectivity index (χ2n) is 7.37. The number of hydrogen-bond donors (Lipinski definition) is 1. The number of methoxy groups -OCH3 is 1. The van der Waals surface area contributed by atoms with Crippen molar-refractivity contribution in [3.63, 3.8) is 0 Å². The quantitative estimate of drug-likeness (QED) is 0.358. The number of nitrogens with zero attached hydrogens (tertiary/aromatic N) is 3. The molecule has 0 radical (unpaired) electrons. The molecule has 33 heavy (non-hydrogen) atoms. The van der Waals surface area contributed by atoms with E-state index in [-0.39, 0.29) is 6.61 Å². The van der Waals surface area contributed by atoms with E-state index < -0.39 is 0 Å².